The first-order valence-electron chi connectivity index (χ1n) is 8.08. The van der Waals surface area contributed by atoms with E-state index in [-0.39, 0.29) is 16.4 Å². The van der Waals surface area contributed by atoms with Crippen molar-refractivity contribution in [1.29, 1.82) is 0 Å². The van der Waals surface area contributed by atoms with Crippen molar-refractivity contribution in [3.8, 4) is 5.75 Å². The molecule has 2 aromatic rings. The van der Waals surface area contributed by atoms with Gasteiger partial charge in [0.25, 0.3) is 5.24 Å². The molecule has 0 spiro atoms. The third-order valence-electron chi connectivity index (χ3n) is 3.66. The topological polar surface area (TPSA) is 55.4 Å². The zero-order valence-corrected chi connectivity index (χ0v) is 15.8. The number of nitrogens with one attached hydrogen (secondary N) is 1. The molecular formula is C20H20ClNO3S. The molecular weight excluding hydrogens is 370 g/mol. The van der Waals surface area contributed by atoms with Crippen molar-refractivity contribution in [3.05, 3.63) is 77.8 Å². The monoisotopic (exact) mass is 389 g/mol. The van der Waals surface area contributed by atoms with Crippen molar-refractivity contribution in [3.63, 3.8) is 0 Å². The quantitative estimate of drug-likeness (QED) is 0.730. The number of halogens is 1. The molecule has 2 aromatic carbocycles. The third-order valence-corrected chi connectivity index (χ3v) is 4.88. The molecule has 136 valence electrons. The van der Waals surface area contributed by atoms with Gasteiger partial charge in [-0.1, -0.05) is 47.6 Å². The Balaban J connectivity index is 0.00000117. The first-order chi connectivity index (χ1) is 12.6. The minimum atomic E-state index is -0.341. The van der Waals surface area contributed by atoms with Gasteiger partial charge in [0.05, 0.1) is 11.9 Å². The number of carbonyl (C=O) groups is 2. The van der Waals surface area contributed by atoms with Crippen LogP contribution in [0.15, 0.2) is 61.7 Å². The fourth-order valence-electron chi connectivity index (χ4n) is 2.44. The lowest BCUT2D eigenvalue weighted by molar-refractivity contribution is -0.118. The van der Waals surface area contributed by atoms with Gasteiger partial charge in [-0.3, -0.25) is 14.9 Å². The minimum absolute atomic E-state index is 0.216. The maximum absolute atomic E-state index is 11.6. The van der Waals surface area contributed by atoms with Crippen LogP contribution >= 0.6 is 23.4 Å². The average molecular weight is 390 g/mol. The maximum atomic E-state index is 11.6. The Morgan fingerprint density at radius 3 is 2.42 bits per heavy atom. The molecule has 1 N–H and O–H groups in total. The van der Waals surface area contributed by atoms with Crippen LogP contribution in [0.5, 0.6) is 5.75 Å². The summed E-state index contributed by atoms with van der Waals surface area (Å²) in [4.78, 5) is 22.7. The summed E-state index contributed by atoms with van der Waals surface area (Å²) >= 11 is 7.00. The van der Waals surface area contributed by atoms with E-state index in [1.54, 1.807) is 0 Å². The van der Waals surface area contributed by atoms with E-state index in [1.807, 2.05) is 48.5 Å². The number of ether oxygens (including phenoxy) is 1. The summed E-state index contributed by atoms with van der Waals surface area (Å²) in [7, 11) is 0. The number of carbonyl (C=O) groups excluding carboxylic acids is 2. The third kappa shape index (κ3) is 5.93. The van der Waals surface area contributed by atoms with Gasteiger partial charge in [-0.25, -0.2) is 0 Å². The second-order valence-electron chi connectivity index (χ2n) is 5.46. The molecule has 4 nitrogen and oxygen atoms in total. The van der Waals surface area contributed by atoms with Crippen LogP contribution in [0.3, 0.4) is 0 Å². The van der Waals surface area contributed by atoms with E-state index in [0.29, 0.717) is 13.0 Å². The lowest BCUT2D eigenvalue weighted by atomic mass is 10.1. The van der Waals surface area contributed by atoms with Crippen LogP contribution in [-0.4, -0.2) is 23.0 Å². The Kier molecular flexibility index (Phi) is 7.75. The van der Waals surface area contributed by atoms with Gasteiger partial charge in [0, 0.05) is 11.4 Å². The molecule has 3 rings (SSSR count). The summed E-state index contributed by atoms with van der Waals surface area (Å²) in [5.41, 5.74) is 2.13. The predicted molar refractivity (Wildman–Crippen MR) is 107 cm³/mol. The van der Waals surface area contributed by atoms with Crippen LogP contribution in [0.25, 0.3) is 0 Å². The molecule has 1 heterocycles. The van der Waals surface area contributed by atoms with E-state index in [0.717, 1.165) is 40.1 Å². The molecule has 1 fully saturated rings. The Labute approximate surface area is 162 Å². The van der Waals surface area contributed by atoms with Crippen LogP contribution in [0, 0.1) is 0 Å². The lowest BCUT2D eigenvalue weighted by Gasteiger charge is -2.09. The van der Waals surface area contributed by atoms with E-state index in [4.69, 9.17) is 16.3 Å². The van der Waals surface area contributed by atoms with Crippen LogP contribution in [0.4, 0.5) is 4.79 Å². The van der Waals surface area contributed by atoms with Crippen molar-refractivity contribution < 1.29 is 14.3 Å². The normalized spacial score (nSPS) is 15.8. The number of amides is 2. The van der Waals surface area contributed by atoms with Crippen molar-refractivity contribution in [2.75, 3.05) is 6.61 Å². The standard InChI is InChI=1S/C18H16ClNO3S.C2H4/c19-14-3-1-2-12(10-14)8-9-23-15-6-4-13(5-7-15)11-16-17(21)20-18(22)24-16;1-2/h1-7,10,16H,8-9,11H2,(H,20,21,22);1-2H2. The highest BCUT2D eigenvalue weighted by Gasteiger charge is 2.31. The molecule has 0 saturated carbocycles. The zero-order chi connectivity index (χ0) is 18.9. The summed E-state index contributed by atoms with van der Waals surface area (Å²) in [6.45, 7) is 6.56. The Morgan fingerprint density at radius 1 is 1.08 bits per heavy atom. The highest BCUT2D eigenvalue weighted by molar-refractivity contribution is 8.15. The fraction of sp³-hybridized carbons (Fsp3) is 0.200. The van der Waals surface area contributed by atoms with Gasteiger partial charge in [-0.15, -0.1) is 13.2 Å². The van der Waals surface area contributed by atoms with Gasteiger partial charge in [-0.2, -0.15) is 0 Å². The second-order valence-corrected chi connectivity index (χ2v) is 7.07. The molecule has 6 heteroatoms. The van der Waals surface area contributed by atoms with Crippen molar-refractivity contribution in [1.82, 2.24) is 5.32 Å². The Bertz CT molecular complexity index is 764. The van der Waals surface area contributed by atoms with Crippen LogP contribution < -0.4 is 10.1 Å². The average Bonchev–Trinajstić information content (AvgIpc) is 2.95. The summed E-state index contributed by atoms with van der Waals surface area (Å²) in [5, 5.41) is 2.41. The van der Waals surface area contributed by atoms with Crippen LogP contribution in [-0.2, 0) is 17.6 Å². The molecule has 26 heavy (non-hydrogen) atoms. The fourth-order valence-corrected chi connectivity index (χ4v) is 3.52. The molecule has 0 bridgehead atoms. The van der Waals surface area contributed by atoms with Gasteiger partial charge >= 0.3 is 0 Å². The number of benzene rings is 2. The molecule has 2 amide bonds. The van der Waals surface area contributed by atoms with Crippen molar-refractivity contribution in [2.24, 2.45) is 0 Å². The number of thioether (sulfide) groups is 1. The summed E-state index contributed by atoms with van der Waals surface area (Å²) in [6.07, 6.45) is 1.31. The number of hydrogen-bond acceptors (Lipinski definition) is 4. The minimum Gasteiger partial charge on any atom is -0.493 e. The first-order valence-corrected chi connectivity index (χ1v) is 9.33. The van der Waals surface area contributed by atoms with Crippen molar-refractivity contribution >= 4 is 34.5 Å². The van der Waals surface area contributed by atoms with E-state index in [1.165, 1.54) is 0 Å². The second kappa shape index (κ2) is 10.0. The smallest absolute Gasteiger partial charge is 0.286 e. The summed E-state index contributed by atoms with van der Waals surface area (Å²) in [6, 6.07) is 15.3. The highest BCUT2D eigenvalue weighted by atomic mass is 35.5. The van der Waals surface area contributed by atoms with Gasteiger partial charge < -0.3 is 4.74 Å². The van der Waals surface area contributed by atoms with Crippen LogP contribution in [0.1, 0.15) is 11.1 Å². The van der Waals surface area contributed by atoms with E-state index in [2.05, 4.69) is 18.5 Å². The van der Waals surface area contributed by atoms with Gasteiger partial charge in [0.1, 0.15) is 5.75 Å². The highest BCUT2D eigenvalue weighted by Crippen LogP contribution is 2.24. The molecule has 0 radical (unpaired) electrons. The molecule has 1 aliphatic heterocycles. The molecule has 0 aliphatic carbocycles. The maximum Gasteiger partial charge on any atom is 0.286 e. The molecule has 0 aromatic heterocycles. The van der Waals surface area contributed by atoms with Crippen molar-refractivity contribution in [2.45, 2.75) is 18.1 Å². The molecule has 1 saturated heterocycles. The Hall–Kier alpha value is -2.24. The SMILES string of the molecule is C=C.O=C1NC(=O)C(Cc2ccc(OCCc3cccc(Cl)c3)cc2)S1. The van der Waals surface area contributed by atoms with E-state index >= 15 is 0 Å². The summed E-state index contributed by atoms with van der Waals surface area (Å²) in [5.74, 6) is 0.562. The van der Waals surface area contributed by atoms with Gasteiger partial charge in [-0.05, 0) is 41.8 Å². The molecule has 1 aliphatic rings. The lowest BCUT2D eigenvalue weighted by Crippen LogP contribution is -2.25. The number of hydrogen-bond donors (Lipinski definition) is 1. The molecule has 1 unspecified atom stereocenters. The Morgan fingerprint density at radius 2 is 1.81 bits per heavy atom. The van der Waals surface area contributed by atoms with Gasteiger partial charge in [0.15, 0.2) is 0 Å². The largest absolute Gasteiger partial charge is 0.493 e. The zero-order valence-electron chi connectivity index (χ0n) is 14.2. The van der Waals surface area contributed by atoms with Gasteiger partial charge in [0.2, 0.25) is 5.91 Å². The predicted octanol–water partition coefficient (Wildman–Crippen LogP) is 4.66. The van der Waals surface area contributed by atoms with E-state index in [9.17, 15) is 9.59 Å². The number of imide groups is 1. The summed E-state index contributed by atoms with van der Waals surface area (Å²) < 4.78 is 5.73. The van der Waals surface area contributed by atoms with E-state index < -0.39 is 0 Å². The van der Waals surface area contributed by atoms with Crippen LogP contribution in [0.2, 0.25) is 5.02 Å². The number of rotatable bonds is 6. The first kappa shape index (κ1) is 20.1. The molecule has 1 atom stereocenters.